The molecule has 0 radical (unpaired) electrons. The van der Waals surface area contributed by atoms with Crippen LogP contribution in [0.15, 0.2) is 26.7 Å². The summed E-state index contributed by atoms with van der Waals surface area (Å²) in [4.78, 5) is 12.4. The van der Waals surface area contributed by atoms with Gasteiger partial charge in [-0.15, -0.1) is 0 Å². The molecule has 0 heterocycles. The molecule has 2 rings (SSSR count). The molecule has 0 amide bonds. The van der Waals surface area contributed by atoms with E-state index in [1.165, 1.54) is 12.1 Å². The number of halogens is 4. The second-order valence-electron chi connectivity index (χ2n) is 5.98. The smallest absolute Gasteiger partial charge is 0.387 e. The van der Waals surface area contributed by atoms with Crippen LogP contribution in [0.5, 0.6) is 5.75 Å². The number of carbonyl (C=O) groups is 1. The molecule has 1 saturated carbocycles. The molecule has 9 heteroatoms. The predicted molar refractivity (Wildman–Crippen MR) is 99.7 cm³/mol. The van der Waals surface area contributed by atoms with Gasteiger partial charge in [0.25, 0.3) is 0 Å². The standard InChI is InChI=1S/C17H17Br2F2NO4/c1-7(2)25-16(24)11(13(22)8-3-4-8)14(23)9-5-6-10(18)15(12(9)19)26-17(20)21/h5-8,17,22-23H,3-4H2,1-2H3. The van der Waals surface area contributed by atoms with Crippen LogP contribution in [0.1, 0.15) is 32.3 Å². The van der Waals surface area contributed by atoms with Crippen molar-refractivity contribution >= 4 is 49.3 Å². The second kappa shape index (κ2) is 8.47. The van der Waals surface area contributed by atoms with E-state index in [-0.39, 0.29) is 37.5 Å². The van der Waals surface area contributed by atoms with E-state index in [1.807, 2.05) is 0 Å². The maximum absolute atomic E-state index is 12.6. The third-order valence-electron chi connectivity index (χ3n) is 3.55. The average Bonchev–Trinajstić information content (AvgIpc) is 3.35. The van der Waals surface area contributed by atoms with Crippen LogP contribution >= 0.6 is 31.9 Å². The lowest BCUT2D eigenvalue weighted by Gasteiger charge is -2.16. The van der Waals surface area contributed by atoms with E-state index in [0.717, 1.165) is 12.8 Å². The summed E-state index contributed by atoms with van der Waals surface area (Å²) in [6.07, 6.45) is 1.04. The van der Waals surface area contributed by atoms with E-state index in [2.05, 4.69) is 36.6 Å². The molecule has 0 aromatic heterocycles. The first-order valence-electron chi connectivity index (χ1n) is 7.79. The topological polar surface area (TPSA) is 79.6 Å². The zero-order valence-electron chi connectivity index (χ0n) is 14.0. The Kier molecular flexibility index (Phi) is 6.79. The van der Waals surface area contributed by atoms with E-state index < -0.39 is 24.4 Å². The molecule has 1 aliphatic rings. The molecule has 0 unspecified atom stereocenters. The van der Waals surface area contributed by atoms with Crippen LogP contribution in [0.2, 0.25) is 0 Å². The Bertz CT molecular complexity index is 761. The highest BCUT2D eigenvalue weighted by atomic mass is 79.9. The van der Waals surface area contributed by atoms with Crippen LogP contribution in [-0.2, 0) is 9.53 Å². The fourth-order valence-electron chi connectivity index (χ4n) is 2.23. The lowest BCUT2D eigenvalue weighted by molar-refractivity contribution is -0.142. The molecule has 1 aromatic carbocycles. The monoisotopic (exact) mass is 495 g/mol. The van der Waals surface area contributed by atoms with Crippen molar-refractivity contribution in [3.05, 3.63) is 32.2 Å². The van der Waals surface area contributed by atoms with Crippen LogP contribution < -0.4 is 4.74 Å². The molecule has 0 spiro atoms. The van der Waals surface area contributed by atoms with Gasteiger partial charge in [-0.2, -0.15) is 8.78 Å². The summed E-state index contributed by atoms with van der Waals surface area (Å²) in [7, 11) is 0. The number of ether oxygens (including phenoxy) is 2. The molecule has 0 atom stereocenters. The highest BCUT2D eigenvalue weighted by Gasteiger charge is 2.35. The predicted octanol–water partition coefficient (Wildman–Crippen LogP) is 5.46. The molecule has 1 fully saturated rings. The molecule has 0 saturated heterocycles. The van der Waals surface area contributed by atoms with E-state index in [0.29, 0.717) is 0 Å². The highest BCUT2D eigenvalue weighted by molar-refractivity contribution is 9.11. The number of alkyl halides is 2. The number of hydrogen-bond acceptors (Lipinski definition) is 5. The van der Waals surface area contributed by atoms with Gasteiger partial charge in [0.1, 0.15) is 11.3 Å². The summed E-state index contributed by atoms with van der Waals surface area (Å²) in [5.41, 5.74) is -0.253. The number of rotatable bonds is 7. The van der Waals surface area contributed by atoms with E-state index in [9.17, 15) is 18.7 Å². The molecule has 1 aromatic rings. The lowest BCUT2D eigenvalue weighted by atomic mass is 10.0. The first-order valence-corrected chi connectivity index (χ1v) is 9.38. The van der Waals surface area contributed by atoms with Crippen molar-refractivity contribution in [2.75, 3.05) is 0 Å². The number of aliphatic hydroxyl groups is 1. The molecule has 0 bridgehead atoms. The Balaban J connectivity index is 2.56. The molecule has 26 heavy (non-hydrogen) atoms. The summed E-state index contributed by atoms with van der Waals surface area (Å²) >= 11 is 6.23. The molecule has 142 valence electrons. The van der Waals surface area contributed by atoms with Gasteiger partial charge >= 0.3 is 12.6 Å². The first kappa shape index (κ1) is 20.8. The van der Waals surface area contributed by atoms with Gasteiger partial charge in [0.05, 0.1) is 20.8 Å². The molecule has 0 aliphatic heterocycles. The Morgan fingerprint density at radius 3 is 2.42 bits per heavy atom. The minimum absolute atomic E-state index is 0.0284. The van der Waals surface area contributed by atoms with Crippen LogP contribution in [0.3, 0.4) is 0 Å². The summed E-state index contributed by atoms with van der Waals surface area (Å²) < 4.78 is 35.1. The summed E-state index contributed by atoms with van der Waals surface area (Å²) in [6, 6.07) is 2.82. The molecular weight excluding hydrogens is 480 g/mol. The number of aliphatic hydroxyl groups excluding tert-OH is 1. The third-order valence-corrected chi connectivity index (χ3v) is 4.96. The summed E-state index contributed by atoms with van der Waals surface area (Å²) in [6.45, 7) is 0.230. The van der Waals surface area contributed by atoms with Gasteiger partial charge < -0.3 is 20.0 Å². The zero-order valence-corrected chi connectivity index (χ0v) is 17.2. The Morgan fingerprint density at radius 1 is 1.31 bits per heavy atom. The third kappa shape index (κ3) is 4.82. The highest BCUT2D eigenvalue weighted by Crippen LogP contribution is 2.41. The second-order valence-corrected chi connectivity index (χ2v) is 7.63. The van der Waals surface area contributed by atoms with E-state index >= 15 is 0 Å². The zero-order chi connectivity index (χ0) is 19.6. The van der Waals surface area contributed by atoms with Crippen molar-refractivity contribution in [1.82, 2.24) is 0 Å². The van der Waals surface area contributed by atoms with Gasteiger partial charge in [0, 0.05) is 11.5 Å². The van der Waals surface area contributed by atoms with Gasteiger partial charge in [-0.3, -0.25) is 0 Å². The Labute approximate surface area is 166 Å². The first-order chi connectivity index (χ1) is 12.1. The number of esters is 1. The van der Waals surface area contributed by atoms with Crippen LogP contribution in [0, 0.1) is 11.3 Å². The number of hydrogen-bond donors (Lipinski definition) is 2. The summed E-state index contributed by atoms with van der Waals surface area (Å²) in [5, 5.41) is 18.9. The van der Waals surface area contributed by atoms with E-state index in [4.69, 9.17) is 10.1 Å². The van der Waals surface area contributed by atoms with Crippen molar-refractivity contribution in [2.45, 2.75) is 39.4 Å². The van der Waals surface area contributed by atoms with Crippen molar-refractivity contribution in [3.8, 4) is 5.75 Å². The number of nitrogens with one attached hydrogen (secondary N) is 1. The van der Waals surface area contributed by atoms with Gasteiger partial charge in [-0.1, -0.05) is 0 Å². The fourth-order valence-corrected chi connectivity index (χ4v) is 3.55. The Morgan fingerprint density at radius 2 is 1.92 bits per heavy atom. The fraction of sp³-hybridized carbons (Fsp3) is 0.412. The van der Waals surface area contributed by atoms with Gasteiger partial charge in [0.2, 0.25) is 0 Å². The minimum atomic E-state index is -3.07. The maximum Gasteiger partial charge on any atom is 0.387 e. The number of benzene rings is 1. The normalized spacial score (nSPS) is 15.1. The lowest BCUT2D eigenvalue weighted by Crippen LogP contribution is -2.21. The molecule has 5 nitrogen and oxygen atoms in total. The average molecular weight is 497 g/mol. The molecule has 1 aliphatic carbocycles. The van der Waals surface area contributed by atoms with E-state index in [1.54, 1.807) is 13.8 Å². The van der Waals surface area contributed by atoms with Crippen LogP contribution in [0.25, 0.3) is 5.76 Å². The quantitative estimate of drug-likeness (QED) is 0.227. The molecular formula is C17H17Br2F2NO4. The van der Waals surface area contributed by atoms with Crippen molar-refractivity contribution in [2.24, 2.45) is 5.92 Å². The largest absolute Gasteiger partial charge is 0.506 e. The van der Waals surface area contributed by atoms with Crippen molar-refractivity contribution in [1.29, 1.82) is 5.41 Å². The van der Waals surface area contributed by atoms with Gasteiger partial charge in [0.15, 0.2) is 5.75 Å². The minimum Gasteiger partial charge on any atom is -0.506 e. The van der Waals surface area contributed by atoms with Crippen LogP contribution in [0.4, 0.5) is 8.78 Å². The SMILES string of the molecule is CC(C)OC(=O)C(C(=N)C1CC1)=C(O)c1ccc(Br)c(OC(F)F)c1Br. The van der Waals surface area contributed by atoms with Gasteiger partial charge in [-0.25, -0.2) is 4.79 Å². The Hall–Kier alpha value is -1.48. The maximum atomic E-state index is 12.6. The molecule has 2 N–H and O–H groups in total. The van der Waals surface area contributed by atoms with Crippen molar-refractivity contribution < 1.29 is 28.2 Å². The van der Waals surface area contributed by atoms with Crippen LogP contribution in [-0.4, -0.2) is 29.5 Å². The summed E-state index contributed by atoms with van der Waals surface area (Å²) in [5.74, 6) is -1.71. The van der Waals surface area contributed by atoms with Crippen molar-refractivity contribution in [3.63, 3.8) is 0 Å². The number of carbonyl (C=O) groups excluding carboxylic acids is 1. The van der Waals surface area contributed by atoms with Gasteiger partial charge in [-0.05, 0) is 70.7 Å².